The lowest BCUT2D eigenvalue weighted by atomic mass is 9.82. The minimum Gasteiger partial charge on any atom is -0.339 e. The molecular formula is C15H23NO. The van der Waals surface area contributed by atoms with Gasteiger partial charge < -0.3 is 4.90 Å². The highest BCUT2D eigenvalue weighted by Gasteiger charge is 2.43. The van der Waals surface area contributed by atoms with Crippen molar-refractivity contribution in [2.75, 3.05) is 6.54 Å². The zero-order valence-corrected chi connectivity index (χ0v) is 10.8. The van der Waals surface area contributed by atoms with Crippen LogP contribution in [0, 0.1) is 17.8 Å². The van der Waals surface area contributed by atoms with Gasteiger partial charge in [0.25, 0.3) is 0 Å². The fraction of sp³-hybridized carbons (Fsp3) is 0.800. The van der Waals surface area contributed by atoms with Gasteiger partial charge in [0.1, 0.15) is 0 Å². The molecule has 0 radical (unpaired) electrons. The van der Waals surface area contributed by atoms with Crippen LogP contribution < -0.4 is 0 Å². The molecule has 1 saturated carbocycles. The van der Waals surface area contributed by atoms with E-state index >= 15 is 0 Å². The van der Waals surface area contributed by atoms with Crippen LogP contribution >= 0.6 is 0 Å². The Kier molecular flexibility index (Phi) is 2.97. The molecule has 1 amide bonds. The molecule has 3 atom stereocenters. The SMILES string of the molecule is CC1C=CC2C(=O)N(C3CCCCC3)CC2C1. The molecule has 0 N–H and O–H groups in total. The lowest BCUT2D eigenvalue weighted by Gasteiger charge is -2.31. The van der Waals surface area contributed by atoms with Gasteiger partial charge in [0.2, 0.25) is 5.91 Å². The number of carbonyl (C=O) groups is 1. The van der Waals surface area contributed by atoms with E-state index in [0.29, 0.717) is 23.8 Å². The van der Waals surface area contributed by atoms with Crippen LogP contribution in [-0.2, 0) is 4.79 Å². The van der Waals surface area contributed by atoms with Crippen molar-refractivity contribution in [3.63, 3.8) is 0 Å². The van der Waals surface area contributed by atoms with E-state index < -0.39 is 0 Å². The van der Waals surface area contributed by atoms with E-state index in [2.05, 4.69) is 24.0 Å². The summed E-state index contributed by atoms with van der Waals surface area (Å²) < 4.78 is 0. The first kappa shape index (κ1) is 11.3. The second kappa shape index (κ2) is 4.47. The monoisotopic (exact) mass is 233 g/mol. The summed E-state index contributed by atoms with van der Waals surface area (Å²) in [7, 11) is 0. The first-order valence-corrected chi connectivity index (χ1v) is 7.24. The highest BCUT2D eigenvalue weighted by molar-refractivity contribution is 5.83. The third kappa shape index (κ3) is 2.02. The van der Waals surface area contributed by atoms with E-state index in [4.69, 9.17) is 0 Å². The Labute approximate surface area is 104 Å². The van der Waals surface area contributed by atoms with Crippen LogP contribution in [0.3, 0.4) is 0 Å². The molecule has 1 saturated heterocycles. The average Bonchev–Trinajstić information content (AvgIpc) is 2.67. The van der Waals surface area contributed by atoms with E-state index in [0.717, 1.165) is 6.54 Å². The van der Waals surface area contributed by atoms with Crippen molar-refractivity contribution < 1.29 is 4.79 Å². The summed E-state index contributed by atoms with van der Waals surface area (Å²) in [4.78, 5) is 14.6. The molecule has 1 heterocycles. The van der Waals surface area contributed by atoms with Gasteiger partial charge in [-0.05, 0) is 31.1 Å². The van der Waals surface area contributed by atoms with Crippen LogP contribution in [0.15, 0.2) is 12.2 Å². The molecule has 3 aliphatic rings. The first-order valence-electron chi connectivity index (χ1n) is 7.24. The average molecular weight is 233 g/mol. The third-order valence-electron chi connectivity index (χ3n) is 4.84. The van der Waals surface area contributed by atoms with Crippen LogP contribution in [0.2, 0.25) is 0 Å². The molecule has 0 bridgehead atoms. The lowest BCUT2D eigenvalue weighted by molar-refractivity contribution is -0.132. The number of hydrogen-bond acceptors (Lipinski definition) is 1. The highest BCUT2D eigenvalue weighted by Crippen LogP contribution is 2.38. The van der Waals surface area contributed by atoms with E-state index in [1.807, 2.05) is 0 Å². The molecule has 3 rings (SSSR count). The van der Waals surface area contributed by atoms with Gasteiger partial charge in [0.05, 0.1) is 5.92 Å². The van der Waals surface area contributed by atoms with Gasteiger partial charge in [0, 0.05) is 12.6 Å². The molecule has 2 heteroatoms. The Morgan fingerprint density at radius 3 is 2.71 bits per heavy atom. The van der Waals surface area contributed by atoms with Crippen molar-refractivity contribution in [1.29, 1.82) is 0 Å². The largest absolute Gasteiger partial charge is 0.339 e. The number of amides is 1. The molecule has 1 aliphatic heterocycles. The van der Waals surface area contributed by atoms with Crippen molar-refractivity contribution in [2.24, 2.45) is 17.8 Å². The molecule has 2 nitrogen and oxygen atoms in total. The van der Waals surface area contributed by atoms with Crippen LogP contribution in [0.1, 0.15) is 45.4 Å². The Morgan fingerprint density at radius 1 is 1.18 bits per heavy atom. The summed E-state index contributed by atoms with van der Waals surface area (Å²) in [5.74, 6) is 1.90. The van der Waals surface area contributed by atoms with Crippen LogP contribution in [0.4, 0.5) is 0 Å². The molecule has 17 heavy (non-hydrogen) atoms. The molecule has 2 fully saturated rings. The number of likely N-dealkylation sites (tertiary alicyclic amines) is 1. The lowest BCUT2D eigenvalue weighted by Crippen LogP contribution is -2.38. The minimum absolute atomic E-state index is 0.216. The van der Waals surface area contributed by atoms with Gasteiger partial charge in [-0.2, -0.15) is 0 Å². The van der Waals surface area contributed by atoms with Crippen LogP contribution in [0.5, 0.6) is 0 Å². The molecule has 0 aromatic rings. The Morgan fingerprint density at radius 2 is 1.94 bits per heavy atom. The summed E-state index contributed by atoms with van der Waals surface area (Å²) in [5, 5.41) is 0. The first-order chi connectivity index (χ1) is 8.25. The topological polar surface area (TPSA) is 20.3 Å². The van der Waals surface area contributed by atoms with E-state index in [1.54, 1.807) is 0 Å². The summed E-state index contributed by atoms with van der Waals surface area (Å²) in [6.45, 7) is 3.29. The Balaban J connectivity index is 1.72. The second-order valence-electron chi connectivity index (χ2n) is 6.17. The Bertz CT molecular complexity index is 330. The van der Waals surface area contributed by atoms with E-state index in [1.165, 1.54) is 38.5 Å². The maximum absolute atomic E-state index is 12.4. The van der Waals surface area contributed by atoms with Crippen molar-refractivity contribution in [1.82, 2.24) is 4.90 Å². The second-order valence-corrected chi connectivity index (χ2v) is 6.17. The Hall–Kier alpha value is -0.790. The minimum atomic E-state index is 0.216. The van der Waals surface area contributed by atoms with Crippen molar-refractivity contribution in [3.8, 4) is 0 Å². The number of hydrogen-bond donors (Lipinski definition) is 0. The predicted octanol–water partition coefficient (Wildman–Crippen LogP) is 2.99. The van der Waals surface area contributed by atoms with Gasteiger partial charge in [-0.1, -0.05) is 38.3 Å². The molecule has 94 valence electrons. The highest BCUT2D eigenvalue weighted by atomic mass is 16.2. The summed E-state index contributed by atoms with van der Waals surface area (Å²) >= 11 is 0. The number of nitrogens with zero attached hydrogens (tertiary/aromatic N) is 1. The van der Waals surface area contributed by atoms with Gasteiger partial charge in [-0.3, -0.25) is 4.79 Å². The number of fused-ring (bicyclic) bond motifs is 1. The predicted molar refractivity (Wildman–Crippen MR) is 68.5 cm³/mol. The van der Waals surface area contributed by atoms with Gasteiger partial charge in [0.15, 0.2) is 0 Å². The van der Waals surface area contributed by atoms with Crippen molar-refractivity contribution in [3.05, 3.63) is 12.2 Å². The van der Waals surface area contributed by atoms with E-state index in [9.17, 15) is 4.79 Å². The normalized spacial score (nSPS) is 38.5. The van der Waals surface area contributed by atoms with Crippen molar-refractivity contribution >= 4 is 5.91 Å². The molecule has 3 unspecified atom stereocenters. The maximum atomic E-state index is 12.4. The maximum Gasteiger partial charge on any atom is 0.230 e. The van der Waals surface area contributed by atoms with Gasteiger partial charge >= 0.3 is 0 Å². The quantitative estimate of drug-likeness (QED) is 0.638. The third-order valence-corrected chi connectivity index (χ3v) is 4.84. The molecule has 0 aromatic carbocycles. The fourth-order valence-corrected chi connectivity index (χ4v) is 3.90. The van der Waals surface area contributed by atoms with Crippen LogP contribution in [0.25, 0.3) is 0 Å². The summed E-state index contributed by atoms with van der Waals surface area (Å²) in [5.41, 5.74) is 0. The van der Waals surface area contributed by atoms with E-state index in [-0.39, 0.29) is 5.92 Å². The molecule has 2 aliphatic carbocycles. The van der Waals surface area contributed by atoms with Crippen LogP contribution in [-0.4, -0.2) is 23.4 Å². The van der Waals surface area contributed by atoms with Crippen molar-refractivity contribution in [2.45, 2.75) is 51.5 Å². The van der Waals surface area contributed by atoms with Gasteiger partial charge in [-0.25, -0.2) is 0 Å². The number of allylic oxidation sites excluding steroid dienone is 1. The molecule has 0 aromatic heterocycles. The number of rotatable bonds is 1. The summed E-state index contributed by atoms with van der Waals surface area (Å²) in [6.07, 6.45) is 12.1. The smallest absolute Gasteiger partial charge is 0.230 e. The zero-order chi connectivity index (χ0) is 11.8. The standard InChI is InChI=1S/C15H23NO/c1-11-7-8-14-12(9-11)10-16(15(14)17)13-5-3-2-4-6-13/h7-8,11-14H,2-6,9-10H2,1H3. The molecular weight excluding hydrogens is 210 g/mol. The van der Waals surface area contributed by atoms with Gasteiger partial charge in [-0.15, -0.1) is 0 Å². The summed E-state index contributed by atoms with van der Waals surface area (Å²) in [6, 6.07) is 0.561. The zero-order valence-electron chi connectivity index (χ0n) is 10.8. The number of carbonyl (C=O) groups excluding carboxylic acids is 1. The molecule has 0 spiro atoms. The fourth-order valence-electron chi connectivity index (χ4n) is 3.90.